The number of carbonyl (C=O) groups excluding carboxylic acids is 2. The van der Waals surface area contributed by atoms with Gasteiger partial charge in [0.2, 0.25) is 21.8 Å². The van der Waals surface area contributed by atoms with Gasteiger partial charge < -0.3 is 10.2 Å². The molecule has 1 heterocycles. The lowest BCUT2D eigenvalue weighted by Crippen LogP contribution is -2.45. The molecule has 1 aliphatic rings. The molecule has 2 N–H and O–H groups in total. The zero-order valence-corrected chi connectivity index (χ0v) is 20.9. The average molecular weight is 492 g/mol. The number of carbonyl (C=O) groups is 2. The van der Waals surface area contributed by atoms with Crippen LogP contribution < -0.4 is 14.9 Å². The lowest BCUT2D eigenvalue weighted by atomic mass is 10.1. The zero-order chi connectivity index (χ0) is 25.2. The molecule has 2 amide bonds. The summed E-state index contributed by atoms with van der Waals surface area (Å²) in [6.45, 7) is 5.89. The Bertz CT molecular complexity index is 1350. The summed E-state index contributed by atoms with van der Waals surface area (Å²) in [5.74, 6) is -0.519. The molecule has 1 atom stereocenters. The molecule has 3 aromatic rings. The molecule has 3 aromatic carbocycles. The Morgan fingerprint density at radius 2 is 1.66 bits per heavy atom. The molecule has 0 aromatic heterocycles. The molecule has 0 radical (unpaired) electrons. The van der Waals surface area contributed by atoms with E-state index in [2.05, 4.69) is 10.0 Å². The number of sulfonamides is 1. The summed E-state index contributed by atoms with van der Waals surface area (Å²) in [7, 11) is -4.01. The molecule has 0 bridgehead atoms. The SMILES string of the molecule is CC(=O)N1CCc2cc(S(=O)(=O)N[C@H](Cc3ccccc3)C(=O)Nc3cc(C)cc(C)c3)ccc21. The number of amides is 2. The van der Waals surface area contributed by atoms with Crippen LogP contribution in [0.2, 0.25) is 0 Å². The first-order valence-electron chi connectivity index (χ1n) is 11.5. The van der Waals surface area contributed by atoms with E-state index in [1.54, 1.807) is 17.0 Å². The molecule has 4 rings (SSSR count). The predicted octanol–water partition coefficient (Wildman–Crippen LogP) is 3.74. The largest absolute Gasteiger partial charge is 0.325 e. The Labute approximate surface area is 206 Å². The summed E-state index contributed by atoms with van der Waals surface area (Å²) in [4.78, 5) is 26.8. The average Bonchev–Trinajstić information content (AvgIpc) is 3.22. The molecule has 7 nitrogen and oxygen atoms in total. The summed E-state index contributed by atoms with van der Waals surface area (Å²) in [6, 6.07) is 18.7. The van der Waals surface area contributed by atoms with Gasteiger partial charge in [-0.3, -0.25) is 9.59 Å². The molecule has 1 aliphatic heterocycles. The Kier molecular flexibility index (Phi) is 7.05. The van der Waals surface area contributed by atoms with Gasteiger partial charge in [0.25, 0.3) is 0 Å². The highest BCUT2D eigenvalue weighted by Crippen LogP contribution is 2.30. The standard InChI is InChI=1S/C27H29N3O4S/c1-18-13-19(2)15-23(14-18)28-27(32)25(16-21-7-5-4-6-8-21)29-35(33,34)24-9-10-26-22(17-24)11-12-30(26)20(3)31/h4-10,13-15,17,25,29H,11-12,16H2,1-3H3,(H,28,32)/t25-/m1/s1. The van der Waals surface area contributed by atoms with Crippen LogP contribution in [0.5, 0.6) is 0 Å². The van der Waals surface area contributed by atoms with Crippen LogP contribution in [0.4, 0.5) is 11.4 Å². The molecule has 0 fully saturated rings. The second-order valence-corrected chi connectivity index (χ2v) is 10.7. The number of fused-ring (bicyclic) bond motifs is 1. The number of aryl methyl sites for hydroxylation is 2. The third-order valence-corrected chi connectivity index (χ3v) is 7.49. The summed E-state index contributed by atoms with van der Waals surface area (Å²) < 4.78 is 29.3. The molecule has 35 heavy (non-hydrogen) atoms. The van der Waals surface area contributed by atoms with E-state index >= 15 is 0 Å². The van der Waals surface area contributed by atoms with E-state index in [0.29, 0.717) is 18.7 Å². The molecular formula is C27H29N3O4S. The van der Waals surface area contributed by atoms with Crippen LogP contribution in [-0.4, -0.2) is 32.8 Å². The van der Waals surface area contributed by atoms with Gasteiger partial charge in [0, 0.05) is 24.8 Å². The van der Waals surface area contributed by atoms with Crippen LogP contribution in [0.1, 0.15) is 29.2 Å². The third-order valence-electron chi connectivity index (χ3n) is 6.02. The minimum absolute atomic E-state index is 0.0684. The third kappa shape index (κ3) is 5.78. The van der Waals surface area contributed by atoms with Crippen LogP contribution in [-0.2, 0) is 32.5 Å². The van der Waals surface area contributed by atoms with Gasteiger partial charge in [0.15, 0.2) is 0 Å². The Hall–Kier alpha value is -3.49. The van der Waals surface area contributed by atoms with Gasteiger partial charge in [0.05, 0.1) is 4.90 Å². The molecule has 8 heteroatoms. The second kappa shape index (κ2) is 10.0. The first-order valence-corrected chi connectivity index (χ1v) is 13.0. The van der Waals surface area contributed by atoms with Crippen molar-refractivity contribution in [1.82, 2.24) is 4.72 Å². The highest BCUT2D eigenvalue weighted by Gasteiger charge is 2.29. The molecule has 0 aliphatic carbocycles. The molecule has 182 valence electrons. The van der Waals surface area contributed by atoms with Gasteiger partial charge in [-0.1, -0.05) is 36.4 Å². The summed E-state index contributed by atoms with van der Waals surface area (Å²) >= 11 is 0. The van der Waals surface area contributed by atoms with E-state index in [4.69, 9.17) is 0 Å². The number of anilines is 2. The molecule has 0 spiro atoms. The monoisotopic (exact) mass is 491 g/mol. The number of hydrogen-bond acceptors (Lipinski definition) is 4. The van der Waals surface area contributed by atoms with Crippen LogP contribution in [0.3, 0.4) is 0 Å². The van der Waals surface area contributed by atoms with Crippen molar-refractivity contribution < 1.29 is 18.0 Å². The maximum absolute atomic E-state index is 13.3. The summed E-state index contributed by atoms with van der Waals surface area (Å²) in [6.07, 6.45) is 0.776. The van der Waals surface area contributed by atoms with Gasteiger partial charge in [-0.25, -0.2) is 8.42 Å². The fourth-order valence-electron chi connectivity index (χ4n) is 4.44. The zero-order valence-electron chi connectivity index (χ0n) is 20.0. The highest BCUT2D eigenvalue weighted by atomic mass is 32.2. The van der Waals surface area contributed by atoms with E-state index in [-0.39, 0.29) is 17.2 Å². The maximum atomic E-state index is 13.3. The normalized spacial score (nSPS) is 13.9. The minimum Gasteiger partial charge on any atom is -0.325 e. The predicted molar refractivity (Wildman–Crippen MR) is 137 cm³/mol. The number of nitrogens with one attached hydrogen (secondary N) is 2. The molecule has 0 saturated carbocycles. The minimum atomic E-state index is -4.01. The number of hydrogen-bond donors (Lipinski definition) is 2. The van der Waals surface area contributed by atoms with Gasteiger partial charge >= 0.3 is 0 Å². The van der Waals surface area contributed by atoms with Crippen LogP contribution in [0.15, 0.2) is 71.6 Å². The lowest BCUT2D eigenvalue weighted by Gasteiger charge is -2.20. The lowest BCUT2D eigenvalue weighted by molar-refractivity contribution is -0.118. The van der Waals surface area contributed by atoms with Crippen LogP contribution in [0, 0.1) is 13.8 Å². The number of rotatable bonds is 7. The van der Waals surface area contributed by atoms with Crippen molar-refractivity contribution in [3.8, 4) is 0 Å². The van der Waals surface area contributed by atoms with E-state index in [9.17, 15) is 18.0 Å². The highest BCUT2D eigenvalue weighted by molar-refractivity contribution is 7.89. The molecule has 0 saturated heterocycles. The molecular weight excluding hydrogens is 462 g/mol. The topological polar surface area (TPSA) is 95.6 Å². The van der Waals surface area contributed by atoms with Crippen molar-refractivity contribution >= 4 is 33.2 Å². The second-order valence-electron chi connectivity index (χ2n) is 8.94. The van der Waals surface area contributed by atoms with E-state index in [1.807, 2.05) is 62.4 Å². The first kappa shape index (κ1) is 24.6. The maximum Gasteiger partial charge on any atom is 0.242 e. The van der Waals surface area contributed by atoms with Crippen molar-refractivity contribution in [3.63, 3.8) is 0 Å². The van der Waals surface area contributed by atoms with Crippen LogP contribution >= 0.6 is 0 Å². The Morgan fingerprint density at radius 1 is 0.971 bits per heavy atom. The van der Waals surface area contributed by atoms with E-state index in [1.165, 1.54) is 13.0 Å². The number of nitrogens with zero attached hydrogens (tertiary/aromatic N) is 1. The van der Waals surface area contributed by atoms with Crippen molar-refractivity contribution in [3.05, 3.63) is 89.0 Å². The Balaban J connectivity index is 1.61. The van der Waals surface area contributed by atoms with Crippen molar-refractivity contribution in [2.24, 2.45) is 0 Å². The van der Waals surface area contributed by atoms with Gasteiger partial charge in [-0.2, -0.15) is 4.72 Å². The number of benzene rings is 3. The smallest absolute Gasteiger partial charge is 0.242 e. The fourth-order valence-corrected chi connectivity index (χ4v) is 5.69. The van der Waals surface area contributed by atoms with Crippen molar-refractivity contribution in [1.29, 1.82) is 0 Å². The summed E-state index contributed by atoms with van der Waals surface area (Å²) in [5.41, 5.74) is 4.97. The van der Waals surface area contributed by atoms with E-state index in [0.717, 1.165) is 27.9 Å². The summed E-state index contributed by atoms with van der Waals surface area (Å²) in [5, 5.41) is 2.87. The van der Waals surface area contributed by atoms with Crippen molar-refractivity contribution in [2.45, 2.75) is 44.6 Å². The van der Waals surface area contributed by atoms with Crippen LogP contribution in [0.25, 0.3) is 0 Å². The quantitative estimate of drug-likeness (QED) is 0.526. The van der Waals surface area contributed by atoms with Gasteiger partial charge in [-0.05, 0) is 79.3 Å². The van der Waals surface area contributed by atoms with Crippen molar-refractivity contribution in [2.75, 3.05) is 16.8 Å². The van der Waals surface area contributed by atoms with E-state index < -0.39 is 22.0 Å². The van der Waals surface area contributed by atoms with Gasteiger partial charge in [0.1, 0.15) is 6.04 Å². The fraction of sp³-hybridized carbons (Fsp3) is 0.259. The van der Waals surface area contributed by atoms with Gasteiger partial charge in [-0.15, -0.1) is 0 Å². The molecule has 0 unspecified atom stereocenters. The Morgan fingerprint density at radius 3 is 2.31 bits per heavy atom. The first-order chi connectivity index (χ1) is 16.6.